The maximum absolute atomic E-state index is 2.40. The van der Waals surface area contributed by atoms with Crippen molar-refractivity contribution in [2.24, 2.45) is 0 Å². The number of para-hydroxylation sites is 2. The summed E-state index contributed by atoms with van der Waals surface area (Å²) in [6.45, 7) is 0. The van der Waals surface area contributed by atoms with Gasteiger partial charge in [0.2, 0.25) is 0 Å². The molecule has 11 rings (SSSR count). The molecule has 58 heavy (non-hydrogen) atoms. The number of fused-ring (bicyclic) bond motifs is 5. The molecular weight excluding hydrogens is 701 g/mol. The van der Waals surface area contributed by atoms with Crippen molar-refractivity contribution in [1.82, 2.24) is 4.57 Å². The number of nitrogens with zero attached hydrogens (tertiary/aromatic N) is 2. The normalized spacial score (nSPS) is 11.4. The van der Waals surface area contributed by atoms with E-state index in [1.54, 1.807) is 0 Å². The predicted octanol–water partition coefficient (Wildman–Crippen LogP) is 15.6. The van der Waals surface area contributed by atoms with E-state index in [0.717, 1.165) is 22.7 Å². The van der Waals surface area contributed by atoms with Gasteiger partial charge in [0.1, 0.15) is 0 Å². The Hall–Kier alpha value is -7.68. The lowest BCUT2D eigenvalue weighted by Crippen LogP contribution is -2.10. The summed E-state index contributed by atoms with van der Waals surface area (Å²) in [5.74, 6) is 0. The summed E-state index contributed by atoms with van der Waals surface area (Å²) in [5.41, 5.74) is 14.0. The molecule has 10 aromatic carbocycles. The first kappa shape index (κ1) is 33.6. The molecule has 1 aromatic heterocycles. The molecule has 2 nitrogen and oxygen atoms in total. The zero-order valence-corrected chi connectivity index (χ0v) is 31.8. The van der Waals surface area contributed by atoms with E-state index in [9.17, 15) is 0 Å². The minimum Gasteiger partial charge on any atom is -0.310 e. The van der Waals surface area contributed by atoms with Gasteiger partial charge in [0.15, 0.2) is 0 Å². The van der Waals surface area contributed by atoms with Crippen molar-refractivity contribution in [3.63, 3.8) is 0 Å². The quantitative estimate of drug-likeness (QED) is 0.158. The molecule has 0 aliphatic rings. The van der Waals surface area contributed by atoms with Gasteiger partial charge in [0.25, 0.3) is 0 Å². The topological polar surface area (TPSA) is 8.17 Å². The van der Waals surface area contributed by atoms with Gasteiger partial charge in [-0.05, 0) is 122 Å². The van der Waals surface area contributed by atoms with Crippen LogP contribution in [0, 0.1) is 0 Å². The van der Waals surface area contributed by atoms with Crippen molar-refractivity contribution in [3.8, 4) is 39.1 Å². The second-order valence-electron chi connectivity index (χ2n) is 15.0. The van der Waals surface area contributed by atoms with Gasteiger partial charge < -0.3 is 9.47 Å². The molecular formula is C56H38N2. The van der Waals surface area contributed by atoms with Crippen LogP contribution in [0.25, 0.3) is 82.4 Å². The highest BCUT2D eigenvalue weighted by molar-refractivity contribution is 6.09. The Balaban J connectivity index is 1.08. The number of rotatable bonds is 7. The van der Waals surface area contributed by atoms with Gasteiger partial charge in [-0.15, -0.1) is 0 Å². The van der Waals surface area contributed by atoms with Crippen molar-refractivity contribution in [2.45, 2.75) is 0 Å². The summed E-state index contributed by atoms with van der Waals surface area (Å²) < 4.78 is 2.38. The molecule has 0 radical (unpaired) electrons. The van der Waals surface area contributed by atoms with Crippen molar-refractivity contribution >= 4 is 60.4 Å². The lowest BCUT2D eigenvalue weighted by Gasteiger charge is -2.27. The van der Waals surface area contributed by atoms with Gasteiger partial charge >= 0.3 is 0 Å². The molecule has 0 aliphatic heterocycles. The SMILES string of the molecule is c1ccc(-c2cccc3cccc(-c4cccc(N(c5ccc(-n6c7ccccc7c7ccccc76)cc5)c5cccc(-c6ccc7ccccc7c6)c5)c4)c23)cc1. The molecule has 0 N–H and O–H groups in total. The fourth-order valence-corrected chi connectivity index (χ4v) is 8.84. The zero-order chi connectivity index (χ0) is 38.4. The molecule has 0 saturated heterocycles. The smallest absolute Gasteiger partial charge is 0.0541 e. The third-order valence-electron chi connectivity index (χ3n) is 11.5. The lowest BCUT2D eigenvalue weighted by molar-refractivity contribution is 1.17. The average molecular weight is 739 g/mol. The van der Waals surface area contributed by atoms with E-state index in [2.05, 4.69) is 240 Å². The van der Waals surface area contributed by atoms with Crippen molar-refractivity contribution in [3.05, 3.63) is 231 Å². The van der Waals surface area contributed by atoms with Crippen molar-refractivity contribution < 1.29 is 0 Å². The monoisotopic (exact) mass is 738 g/mol. The molecule has 0 amide bonds. The number of benzene rings is 10. The second kappa shape index (κ2) is 14.1. The summed E-state index contributed by atoms with van der Waals surface area (Å²) in [4.78, 5) is 2.40. The van der Waals surface area contributed by atoms with Gasteiger partial charge in [0.05, 0.1) is 11.0 Å². The number of aromatic nitrogens is 1. The minimum atomic E-state index is 1.08. The van der Waals surface area contributed by atoms with E-state index in [4.69, 9.17) is 0 Å². The molecule has 0 bridgehead atoms. The number of hydrogen-bond acceptors (Lipinski definition) is 1. The van der Waals surface area contributed by atoms with Crippen LogP contribution in [0.2, 0.25) is 0 Å². The van der Waals surface area contributed by atoms with E-state index < -0.39 is 0 Å². The Morgan fingerprint density at radius 2 is 0.810 bits per heavy atom. The molecule has 0 unspecified atom stereocenters. The highest BCUT2D eigenvalue weighted by Crippen LogP contribution is 2.42. The minimum absolute atomic E-state index is 1.08. The highest BCUT2D eigenvalue weighted by Gasteiger charge is 2.18. The van der Waals surface area contributed by atoms with Gasteiger partial charge in [-0.2, -0.15) is 0 Å². The molecule has 2 heteroatoms. The summed E-state index contributed by atoms with van der Waals surface area (Å²) in [6, 6.07) is 83.7. The van der Waals surface area contributed by atoms with E-state index in [0.29, 0.717) is 0 Å². The van der Waals surface area contributed by atoms with Crippen molar-refractivity contribution in [1.29, 1.82) is 0 Å². The molecule has 1 heterocycles. The van der Waals surface area contributed by atoms with Crippen LogP contribution < -0.4 is 4.90 Å². The fourth-order valence-electron chi connectivity index (χ4n) is 8.84. The molecule has 0 spiro atoms. The predicted molar refractivity (Wildman–Crippen MR) is 247 cm³/mol. The molecule has 0 fully saturated rings. The Bertz CT molecular complexity index is 3220. The van der Waals surface area contributed by atoms with Crippen molar-refractivity contribution in [2.75, 3.05) is 4.90 Å². The van der Waals surface area contributed by atoms with Crippen LogP contribution in [0.4, 0.5) is 17.1 Å². The van der Waals surface area contributed by atoms with E-state index in [-0.39, 0.29) is 0 Å². The molecule has 0 aliphatic carbocycles. The summed E-state index contributed by atoms with van der Waals surface area (Å²) in [7, 11) is 0. The Kier molecular flexibility index (Phi) is 8.19. The van der Waals surface area contributed by atoms with Crippen LogP contribution in [0.5, 0.6) is 0 Å². The largest absolute Gasteiger partial charge is 0.310 e. The standard InChI is InChI=1S/C56H38N2/c1-2-15-40(16-3-1)50-26-12-18-41-19-13-27-51(56(41)50)45-21-11-23-49(38-45)57(48-22-10-20-43(37-48)44-31-30-39-14-4-5-17-42(39)36-44)46-32-34-47(35-33-46)58-54-28-8-6-24-52(54)53-25-7-9-29-55(53)58/h1-38H. The second-order valence-corrected chi connectivity index (χ2v) is 15.0. The summed E-state index contributed by atoms with van der Waals surface area (Å²) >= 11 is 0. The van der Waals surface area contributed by atoms with Crippen LogP contribution in [-0.4, -0.2) is 4.57 Å². The van der Waals surface area contributed by atoms with Crippen LogP contribution in [0.15, 0.2) is 231 Å². The molecule has 11 aromatic rings. The lowest BCUT2D eigenvalue weighted by atomic mass is 9.91. The first-order chi connectivity index (χ1) is 28.8. The van der Waals surface area contributed by atoms with Gasteiger partial charge in [-0.3, -0.25) is 0 Å². The first-order valence-corrected chi connectivity index (χ1v) is 19.9. The summed E-state index contributed by atoms with van der Waals surface area (Å²) in [6.07, 6.45) is 0. The molecule has 272 valence electrons. The Morgan fingerprint density at radius 3 is 1.52 bits per heavy atom. The third kappa shape index (κ3) is 5.82. The number of hydrogen-bond donors (Lipinski definition) is 0. The van der Waals surface area contributed by atoms with Crippen LogP contribution >= 0.6 is 0 Å². The summed E-state index contributed by atoms with van der Waals surface area (Å²) in [5, 5.41) is 7.48. The van der Waals surface area contributed by atoms with E-state index in [1.165, 1.54) is 76.7 Å². The maximum Gasteiger partial charge on any atom is 0.0541 e. The van der Waals surface area contributed by atoms with Crippen LogP contribution in [0.1, 0.15) is 0 Å². The zero-order valence-electron chi connectivity index (χ0n) is 31.8. The van der Waals surface area contributed by atoms with Gasteiger partial charge in [-0.25, -0.2) is 0 Å². The van der Waals surface area contributed by atoms with E-state index in [1.807, 2.05) is 0 Å². The Labute approximate surface area is 338 Å². The Morgan fingerprint density at radius 1 is 0.293 bits per heavy atom. The fraction of sp³-hybridized carbons (Fsp3) is 0. The molecule has 0 saturated carbocycles. The number of anilines is 3. The van der Waals surface area contributed by atoms with Crippen LogP contribution in [-0.2, 0) is 0 Å². The van der Waals surface area contributed by atoms with E-state index >= 15 is 0 Å². The average Bonchev–Trinajstić information content (AvgIpc) is 3.64. The van der Waals surface area contributed by atoms with Crippen LogP contribution in [0.3, 0.4) is 0 Å². The van der Waals surface area contributed by atoms with Gasteiger partial charge in [0, 0.05) is 33.5 Å². The molecule has 0 atom stereocenters. The first-order valence-electron chi connectivity index (χ1n) is 19.9. The maximum atomic E-state index is 2.40. The highest BCUT2D eigenvalue weighted by atomic mass is 15.1. The van der Waals surface area contributed by atoms with Gasteiger partial charge in [-0.1, -0.05) is 164 Å². The third-order valence-corrected chi connectivity index (χ3v) is 11.5.